The molecule has 4 nitrogen and oxygen atoms in total. The van der Waals surface area contributed by atoms with Crippen LogP contribution >= 0.6 is 15.9 Å². The van der Waals surface area contributed by atoms with Gasteiger partial charge in [-0.05, 0) is 71.6 Å². The Morgan fingerprint density at radius 3 is 2.65 bits per heavy atom. The van der Waals surface area contributed by atoms with Crippen LogP contribution in [-0.2, 0) is 9.53 Å². The molecule has 0 radical (unpaired) electrons. The summed E-state index contributed by atoms with van der Waals surface area (Å²) in [6.07, 6.45) is 3.18. The number of carbonyl (C=O) groups excluding carboxylic acids is 1. The van der Waals surface area contributed by atoms with Crippen LogP contribution in [-0.4, -0.2) is 19.2 Å². The Balaban J connectivity index is 2.26. The summed E-state index contributed by atoms with van der Waals surface area (Å²) in [6.45, 7) is 7.10. The number of benzene rings is 1. The lowest BCUT2D eigenvalue weighted by Crippen LogP contribution is -2.18. The molecule has 5 heteroatoms. The first-order chi connectivity index (χ1) is 10.9. The second-order valence-corrected chi connectivity index (χ2v) is 7.46. The fraction of sp³-hybridized carbons (Fsp3) is 0.611. The van der Waals surface area contributed by atoms with Gasteiger partial charge in [0.2, 0.25) is 0 Å². The number of anilines is 1. The zero-order chi connectivity index (χ0) is 17.0. The van der Waals surface area contributed by atoms with Gasteiger partial charge in [-0.1, -0.05) is 13.8 Å². The average Bonchev–Trinajstić information content (AvgIpc) is 3.30. The number of hydrogen-bond acceptors (Lipinski definition) is 4. The third kappa shape index (κ3) is 5.13. The first-order valence-corrected chi connectivity index (χ1v) is 9.10. The van der Waals surface area contributed by atoms with Crippen molar-refractivity contribution in [3.63, 3.8) is 0 Å². The number of esters is 1. The van der Waals surface area contributed by atoms with Crippen LogP contribution in [0.4, 0.5) is 5.69 Å². The highest BCUT2D eigenvalue weighted by Gasteiger charge is 2.26. The second-order valence-electron chi connectivity index (χ2n) is 6.60. The van der Waals surface area contributed by atoms with Gasteiger partial charge in [0.1, 0.15) is 5.75 Å². The maximum atomic E-state index is 12.4. The Kier molecular flexibility index (Phi) is 6.33. The number of halogens is 1. The lowest BCUT2D eigenvalue weighted by Gasteiger charge is -2.20. The third-order valence-corrected chi connectivity index (χ3v) is 4.62. The average molecular weight is 384 g/mol. The number of nitrogens with two attached hydrogens (primary N) is 1. The van der Waals surface area contributed by atoms with Crippen molar-refractivity contribution in [1.29, 1.82) is 0 Å². The molecule has 1 unspecified atom stereocenters. The van der Waals surface area contributed by atoms with E-state index in [1.54, 1.807) is 0 Å². The second kappa shape index (κ2) is 8.04. The number of hydrogen-bond donors (Lipinski definition) is 1. The minimum atomic E-state index is -0.296. The molecule has 1 aromatic rings. The van der Waals surface area contributed by atoms with Crippen molar-refractivity contribution in [2.45, 2.75) is 46.0 Å². The molecule has 128 valence electrons. The van der Waals surface area contributed by atoms with E-state index in [-0.39, 0.29) is 11.9 Å². The number of nitrogen functional groups attached to an aromatic ring is 1. The van der Waals surface area contributed by atoms with Crippen molar-refractivity contribution in [3.8, 4) is 5.75 Å². The summed E-state index contributed by atoms with van der Waals surface area (Å²) in [7, 11) is 0. The SMILES string of the molecule is CCOC(=O)C(CC(C)C)c1cc(Br)c(N)c(OCC2CC2)c1. The topological polar surface area (TPSA) is 61.5 Å². The van der Waals surface area contributed by atoms with Gasteiger partial charge < -0.3 is 15.2 Å². The Hall–Kier alpha value is -1.23. The van der Waals surface area contributed by atoms with E-state index in [4.69, 9.17) is 15.2 Å². The molecule has 0 aromatic heterocycles. The van der Waals surface area contributed by atoms with Gasteiger partial charge in [0.05, 0.1) is 24.8 Å². The molecule has 23 heavy (non-hydrogen) atoms. The first-order valence-electron chi connectivity index (χ1n) is 8.30. The maximum absolute atomic E-state index is 12.4. The number of ether oxygens (including phenoxy) is 2. The summed E-state index contributed by atoms with van der Waals surface area (Å²) < 4.78 is 11.9. The van der Waals surface area contributed by atoms with Crippen molar-refractivity contribution >= 4 is 27.6 Å². The quantitative estimate of drug-likeness (QED) is 0.529. The molecule has 1 aliphatic rings. The van der Waals surface area contributed by atoms with Crippen LogP contribution in [0.3, 0.4) is 0 Å². The van der Waals surface area contributed by atoms with Crippen LogP contribution in [0.1, 0.15) is 51.5 Å². The van der Waals surface area contributed by atoms with Gasteiger partial charge in [-0.3, -0.25) is 4.79 Å². The van der Waals surface area contributed by atoms with Crippen LogP contribution in [0.2, 0.25) is 0 Å². The molecule has 1 fully saturated rings. The zero-order valence-corrected chi connectivity index (χ0v) is 15.7. The van der Waals surface area contributed by atoms with Crippen LogP contribution in [0.5, 0.6) is 5.75 Å². The summed E-state index contributed by atoms with van der Waals surface area (Å²) in [4.78, 5) is 12.4. The van der Waals surface area contributed by atoms with Crippen LogP contribution in [0, 0.1) is 11.8 Å². The molecule has 1 atom stereocenters. The van der Waals surface area contributed by atoms with Crippen molar-refractivity contribution in [1.82, 2.24) is 0 Å². The molecule has 0 aliphatic heterocycles. The highest BCUT2D eigenvalue weighted by atomic mass is 79.9. The summed E-state index contributed by atoms with van der Waals surface area (Å²) in [5.74, 6) is 1.20. The van der Waals surface area contributed by atoms with E-state index >= 15 is 0 Å². The molecule has 1 aromatic carbocycles. The van der Waals surface area contributed by atoms with E-state index in [2.05, 4.69) is 29.8 Å². The van der Waals surface area contributed by atoms with Gasteiger partial charge in [0.15, 0.2) is 0 Å². The van der Waals surface area contributed by atoms with Crippen LogP contribution in [0.25, 0.3) is 0 Å². The predicted octanol–water partition coefficient (Wildman–Crippen LogP) is 4.51. The lowest BCUT2D eigenvalue weighted by molar-refractivity contribution is -0.145. The Morgan fingerprint density at radius 1 is 1.39 bits per heavy atom. The molecule has 1 saturated carbocycles. The van der Waals surface area contributed by atoms with Crippen molar-refractivity contribution < 1.29 is 14.3 Å². The predicted molar refractivity (Wildman–Crippen MR) is 95.6 cm³/mol. The molecule has 1 aliphatic carbocycles. The smallest absolute Gasteiger partial charge is 0.313 e. The minimum Gasteiger partial charge on any atom is -0.491 e. The lowest BCUT2D eigenvalue weighted by atomic mass is 9.90. The molecule has 0 saturated heterocycles. The third-order valence-electron chi connectivity index (χ3n) is 3.97. The fourth-order valence-corrected chi connectivity index (χ4v) is 2.97. The van der Waals surface area contributed by atoms with E-state index in [1.807, 2.05) is 19.1 Å². The van der Waals surface area contributed by atoms with Gasteiger partial charge in [-0.25, -0.2) is 0 Å². The minimum absolute atomic E-state index is 0.189. The summed E-state index contributed by atoms with van der Waals surface area (Å²) in [5, 5.41) is 0. The number of rotatable bonds is 8. The zero-order valence-electron chi connectivity index (χ0n) is 14.1. The summed E-state index contributed by atoms with van der Waals surface area (Å²) in [6, 6.07) is 3.80. The summed E-state index contributed by atoms with van der Waals surface area (Å²) >= 11 is 3.49. The van der Waals surface area contributed by atoms with Gasteiger partial charge in [-0.2, -0.15) is 0 Å². The van der Waals surface area contributed by atoms with Gasteiger partial charge in [0.25, 0.3) is 0 Å². The molecule has 0 amide bonds. The van der Waals surface area contributed by atoms with E-state index in [0.717, 1.165) is 16.5 Å². The van der Waals surface area contributed by atoms with E-state index < -0.39 is 0 Å². The largest absolute Gasteiger partial charge is 0.491 e. The fourth-order valence-electron chi connectivity index (χ4n) is 2.51. The normalized spacial score (nSPS) is 15.5. The Morgan fingerprint density at radius 2 is 2.09 bits per heavy atom. The van der Waals surface area contributed by atoms with E-state index in [0.29, 0.717) is 36.5 Å². The Bertz CT molecular complexity index is 555. The van der Waals surface area contributed by atoms with Crippen molar-refractivity contribution in [3.05, 3.63) is 22.2 Å². The van der Waals surface area contributed by atoms with Gasteiger partial charge in [-0.15, -0.1) is 0 Å². The van der Waals surface area contributed by atoms with E-state index in [1.165, 1.54) is 12.8 Å². The molecule has 0 spiro atoms. The highest BCUT2D eigenvalue weighted by molar-refractivity contribution is 9.10. The first kappa shape index (κ1) is 18.1. The Labute approximate surface area is 146 Å². The molecule has 0 heterocycles. The molecule has 0 bridgehead atoms. The van der Waals surface area contributed by atoms with Crippen LogP contribution < -0.4 is 10.5 Å². The standard InChI is InChI=1S/C18H26BrNO3/c1-4-22-18(21)14(7-11(2)3)13-8-15(19)17(20)16(9-13)23-10-12-5-6-12/h8-9,11-12,14H,4-7,10,20H2,1-3H3. The van der Waals surface area contributed by atoms with Crippen LogP contribution in [0.15, 0.2) is 16.6 Å². The molecular weight excluding hydrogens is 358 g/mol. The highest BCUT2D eigenvalue weighted by Crippen LogP contribution is 2.38. The van der Waals surface area contributed by atoms with E-state index in [9.17, 15) is 4.79 Å². The van der Waals surface area contributed by atoms with Gasteiger partial charge >= 0.3 is 5.97 Å². The maximum Gasteiger partial charge on any atom is 0.313 e. The monoisotopic (exact) mass is 383 g/mol. The molecule has 2 rings (SSSR count). The number of carbonyl (C=O) groups is 1. The van der Waals surface area contributed by atoms with Crippen molar-refractivity contribution in [2.24, 2.45) is 11.8 Å². The summed E-state index contributed by atoms with van der Waals surface area (Å²) in [5.41, 5.74) is 7.58. The van der Waals surface area contributed by atoms with Crippen molar-refractivity contribution in [2.75, 3.05) is 18.9 Å². The molecule has 2 N–H and O–H groups in total. The molecular formula is C18H26BrNO3. The van der Waals surface area contributed by atoms with Gasteiger partial charge in [0, 0.05) is 4.47 Å².